The van der Waals surface area contributed by atoms with Gasteiger partial charge in [-0.3, -0.25) is 0 Å². The molecule has 0 unspecified atom stereocenters. The molecule has 0 atom stereocenters. The van der Waals surface area contributed by atoms with Crippen molar-refractivity contribution in [1.29, 1.82) is 0 Å². The van der Waals surface area contributed by atoms with E-state index in [9.17, 15) is 30.7 Å². The van der Waals surface area contributed by atoms with Crippen LogP contribution in [0.5, 0.6) is 0 Å². The number of hydrogen-bond acceptors (Lipinski definition) is 0. The summed E-state index contributed by atoms with van der Waals surface area (Å²) >= 11 is 0. The van der Waals surface area contributed by atoms with Gasteiger partial charge >= 0.3 is 0 Å². The van der Waals surface area contributed by atoms with Crippen molar-refractivity contribution in [2.24, 2.45) is 0 Å². The topological polar surface area (TPSA) is 0 Å². The summed E-state index contributed by atoms with van der Waals surface area (Å²) in [6.07, 6.45) is 0. The fourth-order valence-electron chi connectivity index (χ4n) is 1.50. The van der Waals surface area contributed by atoms with E-state index in [1.165, 1.54) is 0 Å². The third-order valence-electron chi connectivity index (χ3n) is 2.37. The highest BCUT2D eigenvalue weighted by Gasteiger charge is 2.28. The van der Waals surface area contributed by atoms with E-state index in [0.717, 1.165) is 0 Å². The van der Waals surface area contributed by atoms with Crippen LogP contribution in [0.2, 0.25) is 0 Å². The second-order valence-corrected chi connectivity index (χ2v) is 3.36. The first-order chi connectivity index (χ1) is 8.29. The predicted octanol–water partition coefficient (Wildman–Crippen LogP) is 2.61. The summed E-state index contributed by atoms with van der Waals surface area (Å²) < 4.78 is 91.8. The first-order valence-electron chi connectivity index (χ1n) is 4.36. The van der Waals surface area contributed by atoms with Gasteiger partial charge in [0.2, 0.25) is 0 Å². The molecule has 18 heavy (non-hydrogen) atoms. The number of benzene rings is 2. The Labute approximate surface area is 96.4 Å². The van der Waals surface area contributed by atoms with Crippen molar-refractivity contribution in [2.75, 3.05) is 0 Å². The normalized spacial score (nSPS) is 11.3. The summed E-state index contributed by atoms with van der Waals surface area (Å²) in [7, 11) is 4.76. The number of hydrogen-bond donors (Lipinski definition) is 0. The maximum Gasteiger partial charge on any atom is 0.198 e. The van der Waals surface area contributed by atoms with E-state index in [-0.39, 0.29) is 0 Å². The van der Waals surface area contributed by atoms with Crippen LogP contribution in [-0.4, -0.2) is 7.85 Å². The fourth-order valence-corrected chi connectivity index (χ4v) is 1.50. The summed E-state index contributed by atoms with van der Waals surface area (Å²) in [6, 6.07) is 0. The fraction of sp³-hybridized carbons (Fsp3) is 0. The van der Waals surface area contributed by atoms with Gasteiger partial charge in [-0.05, 0) is 5.46 Å². The third kappa shape index (κ3) is 1.41. The molecule has 0 spiro atoms. The van der Waals surface area contributed by atoms with Gasteiger partial charge in [0.05, 0.1) is 10.8 Å². The lowest BCUT2D eigenvalue weighted by atomic mass is 9.90. The summed E-state index contributed by atoms with van der Waals surface area (Å²) in [5.74, 6) is -15.2. The highest BCUT2D eigenvalue weighted by Crippen LogP contribution is 2.30. The van der Waals surface area contributed by atoms with Crippen LogP contribution in [0.4, 0.5) is 30.7 Å². The Bertz CT molecular complexity index is 567. The summed E-state index contributed by atoms with van der Waals surface area (Å²) in [4.78, 5) is 0. The second kappa shape index (κ2) is 3.89. The van der Waals surface area contributed by atoms with Crippen LogP contribution < -0.4 is 5.46 Å². The maximum atomic E-state index is 13.4. The second-order valence-electron chi connectivity index (χ2n) is 3.36. The molecular weight excluding hydrogens is 264 g/mol. The first kappa shape index (κ1) is 12.7. The zero-order chi connectivity index (χ0) is 13.8. The zero-order valence-electron chi connectivity index (χ0n) is 8.22. The van der Waals surface area contributed by atoms with Crippen molar-refractivity contribution in [3.8, 4) is 0 Å². The van der Waals surface area contributed by atoms with Crippen LogP contribution in [-0.2, 0) is 0 Å². The van der Waals surface area contributed by atoms with Gasteiger partial charge in [-0.2, -0.15) is 0 Å². The van der Waals surface area contributed by atoms with E-state index in [2.05, 4.69) is 0 Å². The lowest BCUT2D eigenvalue weighted by molar-refractivity contribution is 0.412. The van der Waals surface area contributed by atoms with Gasteiger partial charge in [-0.15, -0.1) is 0 Å². The monoisotopic (exact) mass is 264 g/mol. The Balaban J connectivity index is 3.22. The molecule has 0 amide bonds. The molecule has 2 rings (SSSR count). The SMILES string of the molecule is [B]c1c(F)c(F)c2c(F)c(F)c(F)c(F)c2c1F. The van der Waals surface area contributed by atoms with Gasteiger partial charge in [0, 0.05) is 0 Å². The summed E-state index contributed by atoms with van der Waals surface area (Å²) in [6.45, 7) is 0. The predicted molar refractivity (Wildman–Crippen MR) is 49.0 cm³/mol. The van der Waals surface area contributed by atoms with Crippen LogP contribution in [0.3, 0.4) is 0 Å². The number of rotatable bonds is 0. The molecule has 2 aromatic carbocycles. The highest BCUT2D eigenvalue weighted by atomic mass is 19.2. The Morgan fingerprint density at radius 1 is 0.444 bits per heavy atom. The molecule has 2 aromatic rings. The lowest BCUT2D eigenvalue weighted by Crippen LogP contribution is -2.19. The van der Waals surface area contributed by atoms with E-state index in [1.807, 2.05) is 0 Å². The third-order valence-corrected chi connectivity index (χ3v) is 2.37. The average Bonchev–Trinajstić information content (AvgIpc) is 2.35. The first-order valence-corrected chi connectivity index (χ1v) is 4.36. The Morgan fingerprint density at radius 3 is 1.22 bits per heavy atom. The lowest BCUT2D eigenvalue weighted by Gasteiger charge is -2.10. The van der Waals surface area contributed by atoms with Crippen LogP contribution in [0.1, 0.15) is 0 Å². The van der Waals surface area contributed by atoms with Crippen LogP contribution in [0, 0.1) is 40.7 Å². The highest BCUT2D eigenvalue weighted by molar-refractivity contribution is 6.33. The van der Waals surface area contributed by atoms with Gasteiger partial charge in [0.15, 0.2) is 34.9 Å². The van der Waals surface area contributed by atoms with Crippen molar-refractivity contribution in [1.82, 2.24) is 0 Å². The van der Waals surface area contributed by atoms with Crippen molar-refractivity contribution >= 4 is 24.1 Å². The molecule has 0 saturated heterocycles. The van der Waals surface area contributed by atoms with E-state index in [1.54, 1.807) is 0 Å². The Kier molecular flexibility index (Phi) is 2.75. The molecule has 0 N–H and O–H groups in total. The zero-order valence-corrected chi connectivity index (χ0v) is 8.22. The molecule has 0 aromatic heterocycles. The van der Waals surface area contributed by atoms with Crippen molar-refractivity contribution < 1.29 is 30.7 Å². The van der Waals surface area contributed by atoms with Gasteiger partial charge in [0.25, 0.3) is 0 Å². The average molecular weight is 264 g/mol. The van der Waals surface area contributed by atoms with Crippen molar-refractivity contribution in [3.63, 3.8) is 0 Å². The molecule has 0 heterocycles. The molecule has 0 aliphatic rings. The van der Waals surface area contributed by atoms with Gasteiger partial charge in [0.1, 0.15) is 13.7 Å². The molecule has 92 valence electrons. The molecule has 0 bridgehead atoms. The van der Waals surface area contributed by atoms with Crippen LogP contribution in [0.25, 0.3) is 10.8 Å². The van der Waals surface area contributed by atoms with Gasteiger partial charge in [-0.1, -0.05) is 0 Å². The van der Waals surface area contributed by atoms with E-state index < -0.39 is 57.0 Å². The molecule has 0 fully saturated rings. The van der Waals surface area contributed by atoms with Gasteiger partial charge in [-0.25, -0.2) is 30.7 Å². The van der Waals surface area contributed by atoms with Crippen LogP contribution in [0.15, 0.2) is 0 Å². The summed E-state index contributed by atoms with van der Waals surface area (Å²) in [5, 5.41) is -3.25. The summed E-state index contributed by atoms with van der Waals surface area (Å²) in [5.41, 5.74) is -1.45. The minimum atomic E-state index is -2.37. The number of halogens is 7. The van der Waals surface area contributed by atoms with Gasteiger partial charge < -0.3 is 0 Å². The van der Waals surface area contributed by atoms with E-state index >= 15 is 0 Å². The van der Waals surface area contributed by atoms with E-state index in [0.29, 0.717) is 0 Å². The Morgan fingerprint density at radius 2 is 0.778 bits per heavy atom. The number of fused-ring (bicyclic) bond motifs is 1. The smallest absolute Gasteiger partial charge is 0.198 e. The molecule has 0 aliphatic carbocycles. The minimum Gasteiger partial charge on any atom is -0.207 e. The Hall–Kier alpha value is -1.73. The molecule has 2 radical (unpaired) electrons. The van der Waals surface area contributed by atoms with Crippen LogP contribution >= 0.6 is 0 Å². The molecule has 0 saturated carbocycles. The largest absolute Gasteiger partial charge is 0.207 e. The van der Waals surface area contributed by atoms with Crippen molar-refractivity contribution in [2.45, 2.75) is 0 Å². The molecule has 0 nitrogen and oxygen atoms in total. The standard InChI is InChI=1S/C10BF7/c11-3-4(12)1-2(5(13)8(3)16)7(15)10(18)9(17)6(1)14. The maximum absolute atomic E-state index is 13.4. The molecule has 8 heteroatoms. The molecule has 0 aliphatic heterocycles. The van der Waals surface area contributed by atoms with E-state index in [4.69, 9.17) is 7.85 Å². The quantitative estimate of drug-likeness (QED) is 0.297. The minimum absolute atomic E-state index is 1.45. The van der Waals surface area contributed by atoms with Crippen molar-refractivity contribution in [3.05, 3.63) is 40.7 Å². The molecular formula is C10BF7.